The lowest BCUT2D eigenvalue weighted by molar-refractivity contribution is -0.137. The van der Waals surface area contributed by atoms with Crippen LogP contribution >= 0.6 is 11.8 Å². The number of benzene rings is 2. The standard InChI is InChI=1S/C24H20F3N5O2S/c1-13-6-7-19(14(2)8-13)32-21-18(11-28-32)22(34)31-17(12-35-23(31)30-21)10-20(33)29-16-5-3-4-15(9-16)24(25,26)27/h3-9,11,17H,10,12H2,1-2H3,(H,29,33). The highest BCUT2D eigenvalue weighted by atomic mass is 32.2. The van der Waals surface area contributed by atoms with E-state index in [2.05, 4.69) is 15.4 Å². The van der Waals surface area contributed by atoms with Gasteiger partial charge in [0.15, 0.2) is 10.8 Å². The third kappa shape index (κ3) is 4.31. The number of aryl methyl sites for hydroxylation is 2. The topological polar surface area (TPSA) is 81.8 Å². The Bertz CT molecular complexity index is 1530. The number of anilines is 1. The molecule has 7 nitrogen and oxygen atoms in total. The molecule has 0 spiro atoms. The first kappa shape index (κ1) is 23.2. The van der Waals surface area contributed by atoms with Crippen molar-refractivity contribution in [2.75, 3.05) is 11.1 Å². The average Bonchev–Trinajstić information content (AvgIpc) is 3.38. The molecule has 2 aromatic heterocycles. The zero-order valence-electron chi connectivity index (χ0n) is 18.8. The van der Waals surface area contributed by atoms with Crippen molar-refractivity contribution in [2.24, 2.45) is 0 Å². The number of halogens is 3. The van der Waals surface area contributed by atoms with Gasteiger partial charge in [-0.25, -0.2) is 9.67 Å². The van der Waals surface area contributed by atoms with Gasteiger partial charge in [0.1, 0.15) is 5.39 Å². The summed E-state index contributed by atoms with van der Waals surface area (Å²) in [5.41, 5.74) is 2.26. The molecular formula is C24H20F3N5O2S. The van der Waals surface area contributed by atoms with Crippen LogP contribution in [-0.4, -0.2) is 31.0 Å². The number of hydrogen-bond acceptors (Lipinski definition) is 5. The van der Waals surface area contributed by atoms with E-state index < -0.39 is 23.7 Å². The molecule has 0 saturated carbocycles. The molecule has 0 aliphatic carbocycles. The summed E-state index contributed by atoms with van der Waals surface area (Å²) in [4.78, 5) is 30.6. The van der Waals surface area contributed by atoms with Gasteiger partial charge in [-0.2, -0.15) is 18.3 Å². The Morgan fingerprint density at radius 1 is 1.20 bits per heavy atom. The van der Waals surface area contributed by atoms with Crippen LogP contribution < -0.4 is 10.9 Å². The first-order valence-electron chi connectivity index (χ1n) is 10.8. The quantitative estimate of drug-likeness (QED) is 0.404. The van der Waals surface area contributed by atoms with E-state index in [0.29, 0.717) is 21.9 Å². The van der Waals surface area contributed by atoms with Gasteiger partial charge in [0, 0.05) is 17.9 Å². The first-order valence-corrected chi connectivity index (χ1v) is 11.8. The molecule has 180 valence electrons. The van der Waals surface area contributed by atoms with E-state index in [0.717, 1.165) is 28.9 Å². The Balaban J connectivity index is 1.42. The number of nitrogens with one attached hydrogen (secondary N) is 1. The monoisotopic (exact) mass is 499 g/mol. The summed E-state index contributed by atoms with van der Waals surface area (Å²) in [6.45, 7) is 3.96. The van der Waals surface area contributed by atoms with Crippen LogP contribution in [0.2, 0.25) is 0 Å². The third-order valence-corrected chi connectivity index (χ3v) is 6.94. The zero-order chi connectivity index (χ0) is 24.9. The van der Waals surface area contributed by atoms with Crippen LogP contribution in [0.4, 0.5) is 18.9 Å². The molecule has 5 rings (SSSR count). The summed E-state index contributed by atoms with van der Waals surface area (Å²) in [5, 5.41) is 7.70. The van der Waals surface area contributed by atoms with Crippen LogP contribution in [0.15, 0.2) is 58.6 Å². The molecule has 1 aliphatic rings. The van der Waals surface area contributed by atoms with E-state index in [-0.39, 0.29) is 17.7 Å². The van der Waals surface area contributed by atoms with Gasteiger partial charge in [-0.15, -0.1) is 0 Å². The van der Waals surface area contributed by atoms with Crippen molar-refractivity contribution in [1.29, 1.82) is 0 Å². The van der Waals surface area contributed by atoms with E-state index in [1.165, 1.54) is 34.7 Å². The van der Waals surface area contributed by atoms with Gasteiger partial charge in [0.2, 0.25) is 5.91 Å². The van der Waals surface area contributed by atoms with Crippen LogP contribution in [0.25, 0.3) is 16.7 Å². The molecule has 0 saturated heterocycles. The SMILES string of the molecule is Cc1ccc(-n2ncc3c(=O)n4c(nc32)SCC4CC(=O)Nc2cccc(C(F)(F)F)c2)c(C)c1. The lowest BCUT2D eigenvalue weighted by atomic mass is 10.1. The highest BCUT2D eigenvalue weighted by Gasteiger charge is 2.32. The molecule has 11 heteroatoms. The van der Waals surface area contributed by atoms with Crippen molar-refractivity contribution >= 4 is 34.4 Å². The summed E-state index contributed by atoms with van der Waals surface area (Å²) >= 11 is 1.36. The molecule has 1 aliphatic heterocycles. The fraction of sp³-hybridized carbons (Fsp3) is 0.250. The number of nitrogens with zero attached hydrogens (tertiary/aromatic N) is 4. The third-order valence-electron chi connectivity index (χ3n) is 5.85. The van der Waals surface area contributed by atoms with Gasteiger partial charge >= 0.3 is 6.18 Å². The van der Waals surface area contributed by atoms with Crippen molar-refractivity contribution in [2.45, 2.75) is 37.6 Å². The number of aromatic nitrogens is 4. The van der Waals surface area contributed by atoms with E-state index in [4.69, 9.17) is 0 Å². The van der Waals surface area contributed by atoms with Crippen LogP contribution in [0.1, 0.15) is 29.2 Å². The van der Waals surface area contributed by atoms with Gasteiger partial charge in [-0.05, 0) is 43.7 Å². The summed E-state index contributed by atoms with van der Waals surface area (Å²) in [6, 6.07) is 9.89. The van der Waals surface area contributed by atoms with Crippen LogP contribution in [0, 0.1) is 13.8 Å². The molecule has 0 fully saturated rings. The fourth-order valence-corrected chi connectivity index (χ4v) is 5.33. The molecule has 2 aromatic carbocycles. The number of alkyl halides is 3. The van der Waals surface area contributed by atoms with E-state index in [9.17, 15) is 22.8 Å². The highest BCUT2D eigenvalue weighted by molar-refractivity contribution is 7.99. The maximum atomic E-state index is 13.3. The van der Waals surface area contributed by atoms with Crippen molar-refractivity contribution in [3.63, 3.8) is 0 Å². The Morgan fingerprint density at radius 2 is 2.00 bits per heavy atom. The van der Waals surface area contributed by atoms with Gasteiger partial charge in [0.05, 0.1) is 23.5 Å². The minimum atomic E-state index is -4.51. The van der Waals surface area contributed by atoms with E-state index >= 15 is 0 Å². The summed E-state index contributed by atoms with van der Waals surface area (Å²) in [7, 11) is 0. The van der Waals surface area contributed by atoms with E-state index in [1.54, 1.807) is 4.68 Å². The maximum absolute atomic E-state index is 13.3. The fourth-order valence-electron chi connectivity index (χ4n) is 4.20. The minimum Gasteiger partial charge on any atom is -0.326 e. The first-order chi connectivity index (χ1) is 16.6. The van der Waals surface area contributed by atoms with Crippen LogP contribution in [0.5, 0.6) is 0 Å². The average molecular weight is 500 g/mol. The van der Waals surface area contributed by atoms with Gasteiger partial charge in [-0.3, -0.25) is 14.2 Å². The predicted octanol–water partition coefficient (Wildman–Crippen LogP) is 4.89. The van der Waals surface area contributed by atoms with Crippen molar-refractivity contribution in [3.05, 3.63) is 75.7 Å². The summed E-state index contributed by atoms with van der Waals surface area (Å²) in [5.74, 6) is -0.0391. The molecule has 1 atom stereocenters. The number of carbonyl (C=O) groups excluding carboxylic acids is 1. The molecule has 0 radical (unpaired) electrons. The molecule has 0 bridgehead atoms. The number of fused-ring (bicyclic) bond motifs is 2. The Morgan fingerprint density at radius 3 is 2.74 bits per heavy atom. The molecule has 1 amide bonds. The molecular weight excluding hydrogens is 479 g/mol. The molecule has 35 heavy (non-hydrogen) atoms. The second-order valence-electron chi connectivity index (χ2n) is 8.45. The predicted molar refractivity (Wildman–Crippen MR) is 127 cm³/mol. The Kier molecular flexibility index (Phi) is 5.66. The number of thioether (sulfide) groups is 1. The number of amides is 1. The lowest BCUT2D eigenvalue weighted by Gasteiger charge is -2.14. The van der Waals surface area contributed by atoms with Crippen molar-refractivity contribution < 1.29 is 18.0 Å². The van der Waals surface area contributed by atoms with Gasteiger partial charge < -0.3 is 5.32 Å². The Hall–Kier alpha value is -3.60. The molecule has 4 aromatic rings. The number of rotatable bonds is 4. The summed E-state index contributed by atoms with van der Waals surface area (Å²) in [6.07, 6.45) is -3.11. The highest BCUT2D eigenvalue weighted by Crippen LogP contribution is 2.34. The zero-order valence-corrected chi connectivity index (χ0v) is 19.6. The van der Waals surface area contributed by atoms with Gasteiger partial charge in [-0.1, -0.05) is 35.5 Å². The normalized spacial score (nSPS) is 15.4. The number of carbonyl (C=O) groups is 1. The van der Waals surface area contributed by atoms with Crippen molar-refractivity contribution in [3.8, 4) is 5.69 Å². The largest absolute Gasteiger partial charge is 0.416 e. The summed E-state index contributed by atoms with van der Waals surface area (Å²) < 4.78 is 42.0. The maximum Gasteiger partial charge on any atom is 0.416 e. The van der Waals surface area contributed by atoms with Crippen molar-refractivity contribution in [1.82, 2.24) is 19.3 Å². The van der Waals surface area contributed by atoms with Gasteiger partial charge in [0.25, 0.3) is 5.56 Å². The second kappa shape index (κ2) is 8.56. The van der Waals surface area contributed by atoms with E-state index in [1.807, 2.05) is 32.0 Å². The number of hydrogen-bond donors (Lipinski definition) is 1. The molecule has 1 unspecified atom stereocenters. The molecule has 3 heterocycles. The Labute approximate surface area is 202 Å². The lowest BCUT2D eigenvalue weighted by Crippen LogP contribution is -2.27. The minimum absolute atomic E-state index is 0.0476. The van der Waals surface area contributed by atoms with Crippen LogP contribution in [-0.2, 0) is 11.0 Å². The second-order valence-corrected chi connectivity index (χ2v) is 9.44. The smallest absolute Gasteiger partial charge is 0.326 e. The van der Waals surface area contributed by atoms with Crippen LogP contribution in [0.3, 0.4) is 0 Å². The molecule has 1 N–H and O–H groups in total.